The van der Waals surface area contributed by atoms with Crippen LogP contribution in [-0.2, 0) is 20.6 Å². The summed E-state index contributed by atoms with van der Waals surface area (Å²) in [4.78, 5) is 11.1. The van der Waals surface area contributed by atoms with Crippen molar-refractivity contribution in [1.29, 1.82) is 0 Å². The first-order valence-corrected chi connectivity index (χ1v) is 6.57. The van der Waals surface area contributed by atoms with Crippen LogP contribution >= 0.6 is 0 Å². The first-order valence-electron chi connectivity index (χ1n) is 5.16. The average Bonchev–Trinajstić information content (AvgIpc) is 2.36. The van der Waals surface area contributed by atoms with Crippen LogP contribution in [0.25, 0.3) is 0 Å². The molecule has 0 unspecified atom stereocenters. The van der Waals surface area contributed by atoms with Gasteiger partial charge in [-0.3, -0.25) is 10.0 Å². The minimum Gasteiger partial charge on any atom is -0.376 e. The van der Waals surface area contributed by atoms with Gasteiger partial charge < -0.3 is 4.18 Å². The maximum atomic E-state index is 14.0. The van der Waals surface area contributed by atoms with E-state index in [-0.39, 0.29) is 5.56 Å². The van der Waals surface area contributed by atoms with Crippen molar-refractivity contribution in [1.82, 2.24) is 5.48 Å². The highest BCUT2D eigenvalue weighted by Crippen LogP contribution is 2.30. The van der Waals surface area contributed by atoms with Crippen LogP contribution in [0.3, 0.4) is 0 Å². The highest BCUT2D eigenvalue weighted by Gasteiger charge is 2.48. The van der Waals surface area contributed by atoms with Crippen molar-refractivity contribution in [2.45, 2.75) is 18.1 Å². The van der Waals surface area contributed by atoms with E-state index < -0.39 is 33.0 Å². The van der Waals surface area contributed by atoms with Crippen molar-refractivity contribution < 1.29 is 40.2 Å². The Morgan fingerprint density at radius 3 is 2.05 bits per heavy atom. The Morgan fingerprint density at radius 2 is 1.67 bits per heavy atom. The number of benzene rings is 1. The van der Waals surface area contributed by atoms with Gasteiger partial charge in [-0.25, -0.2) is 9.87 Å². The zero-order valence-corrected chi connectivity index (χ0v) is 11.1. The first kappa shape index (κ1) is 17.2. The van der Waals surface area contributed by atoms with E-state index in [9.17, 15) is 30.8 Å². The molecule has 0 aromatic heterocycles. The third kappa shape index (κ3) is 3.61. The predicted molar refractivity (Wildman–Crippen MR) is 60.4 cm³/mol. The molecule has 11 heteroatoms. The SMILES string of the molecule is C[C@@](F)(C(=O)NO)c1ccc(OS(=O)(=O)C(F)(F)F)cc1. The van der Waals surface area contributed by atoms with E-state index in [0.29, 0.717) is 0 Å². The largest absolute Gasteiger partial charge is 0.534 e. The molecular formula is C10H9F4NO5S. The van der Waals surface area contributed by atoms with E-state index >= 15 is 0 Å². The fraction of sp³-hybridized carbons (Fsp3) is 0.300. The lowest BCUT2D eigenvalue weighted by Gasteiger charge is -2.18. The van der Waals surface area contributed by atoms with Gasteiger partial charge in [0.25, 0.3) is 5.91 Å². The van der Waals surface area contributed by atoms with Gasteiger partial charge in [-0.15, -0.1) is 0 Å². The number of hydrogen-bond donors (Lipinski definition) is 2. The molecule has 1 aromatic rings. The van der Waals surface area contributed by atoms with Gasteiger partial charge in [0.2, 0.25) is 5.67 Å². The van der Waals surface area contributed by atoms with Crippen molar-refractivity contribution >= 4 is 16.0 Å². The molecule has 0 bridgehead atoms. The second kappa shape index (κ2) is 5.48. The fourth-order valence-corrected chi connectivity index (χ4v) is 1.69. The summed E-state index contributed by atoms with van der Waals surface area (Å²) in [6.45, 7) is 0.793. The molecule has 1 amide bonds. The lowest BCUT2D eigenvalue weighted by molar-refractivity contribution is -0.141. The minimum atomic E-state index is -5.83. The molecule has 0 heterocycles. The van der Waals surface area contributed by atoms with Crippen LogP contribution in [-0.4, -0.2) is 25.0 Å². The number of amides is 1. The third-order valence-electron chi connectivity index (χ3n) is 2.41. The molecule has 1 rings (SSSR count). The summed E-state index contributed by atoms with van der Waals surface area (Å²) in [5.41, 5.74) is -7.51. The van der Waals surface area contributed by atoms with Gasteiger partial charge in [0.05, 0.1) is 0 Å². The molecule has 0 aliphatic rings. The summed E-state index contributed by atoms with van der Waals surface area (Å²) in [5.74, 6) is -2.12. The van der Waals surface area contributed by atoms with Crippen LogP contribution in [0.4, 0.5) is 17.6 Å². The van der Waals surface area contributed by atoms with E-state index in [1.165, 1.54) is 0 Å². The highest BCUT2D eigenvalue weighted by atomic mass is 32.2. The molecular weight excluding hydrogens is 322 g/mol. The standard InChI is InChI=1S/C10H9F4NO5S/c1-9(11,8(16)15-17)6-2-4-7(5-3-6)20-21(18,19)10(12,13)14/h2-5,17H,1H3,(H,15,16)/t9-/m0/s1. The summed E-state index contributed by atoms with van der Waals surface area (Å²) in [6, 6.07) is 3.16. The molecule has 0 saturated heterocycles. The van der Waals surface area contributed by atoms with Crippen LogP contribution < -0.4 is 9.66 Å². The van der Waals surface area contributed by atoms with E-state index in [4.69, 9.17) is 5.21 Å². The Labute approximate surface area is 116 Å². The number of carbonyl (C=O) groups excluding carboxylic acids is 1. The van der Waals surface area contributed by atoms with Crippen LogP contribution in [0.5, 0.6) is 5.75 Å². The quantitative estimate of drug-likeness (QED) is 0.287. The molecule has 0 saturated carbocycles. The molecule has 0 aliphatic heterocycles. The summed E-state index contributed by atoms with van der Waals surface area (Å²) < 4.78 is 75.5. The highest BCUT2D eigenvalue weighted by molar-refractivity contribution is 7.87. The molecule has 0 aliphatic carbocycles. The van der Waals surface area contributed by atoms with E-state index in [1.807, 2.05) is 0 Å². The monoisotopic (exact) mass is 331 g/mol. The second-order valence-corrected chi connectivity index (χ2v) is 5.49. The van der Waals surface area contributed by atoms with Crippen LogP contribution in [0.15, 0.2) is 24.3 Å². The van der Waals surface area contributed by atoms with Gasteiger partial charge in [0.15, 0.2) is 0 Å². The fourth-order valence-electron chi connectivity index (χ4n) is 1.23. The van der Waals surface area contributed by atoms with Gasteiger partial charge in [0.1, 0.15) is 5.75 Å². The molecule has 21 heavy (non-hydrogen) atoms. The average molecular weight is 331 g/mol. The van der Waals surface area contributed by atoms with Gasteiger partial charge >= 0.3 is 15.6 Å². The minimum absolute atomic E-state index is 0.328. The van der Waals surface area contributed by atoms with E-state index in [2.05, 4.69) is 4.18 Å². The van der Waals surface area contributed by atoms with Crippen molar-refractivity contribution in [3.05, 3.63) is 29.8 Å². The van der Waals surface area contributed by atoms with Gasteiger partial charge in [-0.05, 0) is 24.6 Å². The molecule has 1 atom stereocenters. The van der Waals surface area contributed by atoms with Crippen molar-refractivity contribution in [3.8, 4) is 5.75 Å². The smallest absolute Gasteiger partial charge is 0.376 e. The maximum Gasteiger partial charge on any atom is 0.534 e. The lowest BCUT2D eigenvalue weighted by Crippen LogP contribution is -2.37. The van der Waals surface area contributed by atoms with Gasteiger partial charge in [-0.2, -0.15) is 21.6 Å². The Balaban J connectivity index is 3.02. The first-order chi connectivity index (χ1) is 9.41. The normalized spacial score (nSPS) is 15.1. The summed E-state index contributed by atoms with van der Waals surface area (Å²) >= 11 is 0. The van der Waals surface area contributed by atoms with Crippen molar-refractivity contribution in [2.75, 3.05) is 0 Å². The lowest BCUT2D eigenvalue weighted by atomic mass is 9.97. The Kier molecular flexibility index (Phi) is 4.48. The van der Waals surface area contributed by atoms with Crippen LogP contribution in [0.1, 0.15) is 12.5 Å². The molecule has 1 aromatic carbocycles. The zero-order chi connectivity index (χ0) is 16.5. The van der Waals surface area contributed by atoms with Crippen LogP contribution in [0.2, 0.25) is 0 Å². The zero-order valence-electron chi connectivity index (χ0n) is 10.3. The Morgan fingerprint density at radius 1 is 1.19 bits per heavy atom. The predicted octanol–water partition coefficient (Wildman–Crippen LogP) is 1.61. The van der Waals surface area contributed by atoms with Crippen molar-refractivity contribution in [3.63, 3.8) is 0 Å². The second-order valence-electron chi connectivity index (χ2n) is 3.95. The van der Waals surface area contributed by atoms with E-state index in [1.54, 1.807) is 0 Å². The molecule has 118 valence electrons. The summed E-state index contributed by atoms with van der Waals surface area (Å²) in [6.07, 6.45) is 0. The summed E-state index contributed by atoms with van der Waals surface area (Å²) in [7, 11) is -5.83. The molecule has 0 radical (unpaired) electrons. The van der Waals surface area contributed by atoms with E-state index in [0.717, 1.165) is 36.7 Å². The Bertz CT molecular complexity index is 624. The van der Waals surface area contributed by atoms with Gasteiger partial charge in [-0.1, -0.05) is 12.1 Å². The number of carbonyl (C=O) groups is 1. The van der Waals surface area contributed by atoms with Gasteiger partial charge in [0, 0.05) is 0 Å². The number of alkyl halides is 4. The number of halogens is 4. The number of nitrogens with one attached hydrogen (secondary N) is 1. The summed E-state index contributed by atoms with van der Waals surface area (Å²) in [5, 5.41) is 8.36. The number of hydroxylamine groups is 1. The molecule has 0 spiro atoms. The molecule has 2 N–H and O–H groups in total. The topological polar surface area (TPSA) is 92.7 Å². The Hall–Kier alpha value is -1.88. The third-order valence-corrected chi connectivity index (χ3v) is 3.39. The number of hydrogen-bond acceptors (Lipinski definition) is 5. The van der Waals surface area contributed by atoms with Crippen molar-refractivity contribution in [2.24, 2.45) is 0 Å². The number of rotatable bonds is 4. The molecule has 0 fully saturated rings. The maximum absolute atomic E-state index is 14.0. The molecule has 6 nitrogen and oxygen atoms in total. The van der Waals surface area contributed by atoms with Crippen LogP contribution in [0, 0.1) is 0 Å².